The third kappa shape index (κ3) is 5.16. The molecule has 6 aliphatic rings. The maximum absolute atomic E-state index is 11.7. The Balaban J connectivity index is 1.37. The van der Waals surface area contributed by atoms with E-state index in [1.807, 2.05) is 0 Å². The predicted molar refractivity (Wildman–Crippen MR) is 167 cm³/mol. The van der Waals surface area contributed by atoms with Crippen molar-refractivity contribution >= 4 is 21.9 Å². The molecular formula is C33H57BrN4O3. The second-order valence-electron chi connectivity index (χ2n) is 15.3. The van der Waals surface area contributed by atoms with Gasteiger partial charge in [0, 0.05) is 65.5 Å². The van der Waals surface area contributed by atoms with E-state index in [0.717, 1.165) is 12.8 Å². The van der Waals surface area contributed by atoms with Crippen molar-refractivity contribution in [1.82, 2.24) is 21.3 Å². The summed E-state index contributed by atoms with van der Waals surface area (Å²) in [4.78, 5) is 12.0. The Hall–Kier alpha value is -0.250. The van der Waals surface area contributed by atoms with Crippen molar-refractivity contribution in [2.75, 3.05) is 0 Å². The van der Waals surface area contributed by atoms with Crippen LogP contribution in [0.1, 0.15) is 86.5 Å². The van der Waals surface area contributed by atoms with Gasteiger partial charge >= 0.3 is 5.97 Å². The van der Waals surface area contributed by atoms with E-state index in [4.69, 9.17) is 0 Å². The van der Waals surface area contributed by atoms with Gasteiger partial charge in [-0.3, -0.25) is 4.79 Å². The first-order valence-electron chi connectivity index (χ1n) is 17.1. The molecule has 5 heterocycles. The van der Waals surface area contributed by atoms with Gasteiger partial charge in [0.2, 0.25) is 0 Å². The zero-order valence-electron chi connectivity index (χ0n) is 26.1. The van der Waals surface area contributed by atoms with Crippen LogP contribution in [0.15, 0.2) is 0 Å². The van der Waals surface area contributed by atoms with Gasteiger partial charge in [0.1, 0.15) is 0 Å². The van der Waals surface area contributed by atoms with Crippen LogP contribution in [-0.2, 0) is 4.79 Å². The lowest BCUT2D eigenvalue weighted by molar-refractivity contribution is -0.137. The number of hydrogen-bond donors (Lipinski definition) is 6. The van der Waals surface area contributed by atoms with Gasteiger partial charge in [-0.2, -0.15) is 0 Å². The number of carboxylic acids is 1. The topological polar surface area (TPSA) is 106 Å². The molecule has 5 saturated heterocycles. The SMILES string of the molecule is CCC1C2CC3NC4C(CC(O)C4C3C)C3NC(C(Br)C4NC(CC(N2)C1C)C(CC)C4C)[C@@H](C)[C@@H]3CCC(=O)O. The number of hydrogen-bond acceptors (Lipinski definition) is 6. The molecule has 7 nitrogen and oxygen atoms in total. The quantitative estimate of drug-likeness (QED) is 0.254. The van der Waals surface area contributed by atoms with Crippen molar-refractivity contribution in [1.29, 1.82) is 0 Å². The number of fused-ring (bicyclic) bond motifs is 8. The van der Waals surface area contributed by atoms with Crippen molar-refractivity contribution in [3.05, 3.63) is 0 Å². The molecule has 234 valence electrons. The summed E-state index contributed by atoms with van der Waals surface area (Å²) in [5.41, 5.74) is 0. The number of alkyl halides is 1. The number of rotatable bonds is 5. The summed E-state index contributed by atoms with van der Waals surface area (Å²) < 4.78 is 0. The molecule has 5 aliphatic heterocycles. The molecule has 17 unspecified atom stereocenters. The van der Waals surface area contributed by atoms with Crippen LogP contribution in [0.2, 0.25) is 0 Å². The second kappa shape index (κ2) is 11.9. The fraction of sp³-hybridized carbons (Fsp3) is 0.970. The number of aliphatic hydroxyl groups excluding tert-OH is 1. The van der Waals surface area contributed by atoms with Crippen molar-refractivity contribution in [3.63, 3.8) is 0 Å². The number of carboxylic acid groups (broad SMARTS) is 1. The first-order valence-corrected chi connectivity index (χ1v) is 18.0. The minimum Gasteiger partial charge on any atom is -0.481 e. The molecule has 0 aromatic carbocycles. The Bertz CT molecular complexity index is 955. The van der Waals surface area contributed by atoms with Crippen LogP contribution in [0.5, 0.6) is 0 Å². The molecular weight excluding hydrogens is 580 g/mol. The predicted octanol–water partition coefficient (Wildman–Crippen LogP) is 3.98. The number of aliphatic hydroxyl groups is 1. The molecule has 8 bridgehead atoms. The van der Waals surface area contributed by atoms with Crippen LogP contribution >= 0.6 is 15.9 Å². The first-order chi connectivity index (χ1) is 19.5. The van der Waals surface area contributed by atoms with E-state index in [2.05, 4.69) is 78.7 Å². The molecule has 6 fully saturated rings. The zero-order chi connectivity index (χ0) is 29.3. The van der Waals surface area contributed by atoms with Crippen LogP contribution in [-0.4, -0.2) is 75.4 Å². The highest BCUT2D eigenvalue weighted by molar-refractivity contribution is 9.09. The lowest BCUT2D eigenvalue weighted by Gasteiger charge is -2.33. The second-order valence-corrected chi connectivity index (χ2v) is 16.4. The standard InChI is InChI=1S/C33H57BrN4O3/c1-7-18-14(3)22-12-25-19(8-2)15(4)30(37-25)29(34)31-16(5)20(9-10-27(40)41)32(38-31)21-11-26(39)28-17(6)23(36-33(21)28)13-24(18)35-22/h14-26,28-33,35-39H,7-13H2,1-6H3,(H,40,41)/t14?,15?,16-,17?,18?,19?,20-,21?,22?,23?,24?,25?,26?,28?,29?,30?,31?,32?,33?/m0/s1. The molecule has 41 heavy (non-hydrogen) atoms. The van der Waals surface area contributed by atoms with Crippen molar-refractivity contribution in [3.8, 4) is 0 Å². The van der Waals surface area contributed by atoms with Gasteiger partial charge in [-0.15, -0.1) is 0 Å². The molecule has 1 aliphatic carbocycles. The molecule has 8 heteroatoms. The maximum atomic E-state index is 11.7. The van der Waals surface area contributed by atoms with Gasteiger partial charge < -0.3 is 31.5 Å². The minimum absolute atomic E-state index is 0.214. The number of nitrogens with one attached hydrogen (secondary N) is 4. The van der Waals surface area contributed by atoms with Crippen LogP contribution in [0, 0.1) is 53.3 Å². The molecule has 6 N–H and O–H groups in total. The molecule has 0 aromatic heterocycles. The van der Waals surface area contributed by atoms with E-state index in [1.165, 1.54) is 19.3 Å². The number of halogens is 1. The average Bonchev–Trinajstić information content (AvgIpc) is 3.68. The smallest absolute Gasteiger partial charge is 0.303 e. The summed E-state index contributed by atoms with van der Waals surface area (Å²) in [6.45, 7) is 14.4. The van der Waals surface area contributed by atoms with E-state index in [0.29, 0.717) is 78.1 Å². The lowest BCUT2D eigenvalue weighted by atomic mass is 9.76. The molecule has 1 saturated carbocycles. The Morgan fingerprint density at radius 3 is 1.93 bits per heavy atom. The highest BCUT2D eigenvalue weighted by atomic mass is 79.9. The molecule has 0 amide bonds. The highest BCUT2D eigenvalue weighted by Crippen LogP contribution is 2.51. The summed E-state index contributed by atoms with van der Waals surface area (Å²) in [5.74, 6) is 3.54. The van der Waals surface area contributed by atoms with Crippen LogP contribution in [0.3, 0.4) is 0 Å². The first kappa shape index (κ1) is 30.8. The fourth-order valence-electron chi connectivity index (χ4n) is 11.6. The van der Waals surface area contributed by atoms with Crippen LogP contribution < -0.4 is 21.3 Å². The largest absolute Gasteiger partial charge is 0.481 e. The Morgan fingerprint density at radius 1 is 0.707 bits per heavy atom. The van der Waals surface area contributed by atoms with E-state index < -0.39 is 5.97 Å². The van der Waals surface area contributed by atoms with Gasteiger partial charge in [0.15, 0.2) is 0 Å². The van der Waals surface area contributed by atoms with Crippen LogP contribution in [0.25, 0.3) is 0 Å². The summed E-state index contributed by atoms with van der Waals surface area (Å²) in [7, 11) is 0. The molecule has 6 rings (SSSR count). The summed E-state index contributed by atoms with van der Waals surface area (Å²) in [6, 6.07) is 3.12. The van der Waals surface area contributed by atoms with Gasteiger partial charge in [-0.05, 0) is 73.0 Å². The van der Waals surface area contributed by atoms with Gasteiger partial charge in [-0.1, -0.05) is 70.3 Å². The minimum atomic E-state index is -0.702. The van der Waals surface area contributed by atoms with E-state index in [9.17, 15) is 15.0 Å². The molecule has 0 aromatic rings. The third-order valence-electron chi connectivity index (χ3n) is 13.8. The third-order valence-corrected chi connectivity index (χ3v) is 14.9. The maximum Gasteiger partial charge on any atom is 0.303 e. The fourth-order valence-corrected chi connectivity index (χ4v) is 12.9. The van der Waals surface area contributed by atoms with E-state index in [-0.39, 0.29) is 47.3 Å². The normalized spacial score (nSPS) is 56.4. The Morgan fingerprint density at radius 2 is 1.27 bits per heavy atom. The average molecular weight is 638 g/mol. The van der Waals surface area contributed by atoms with Crippen molar-refractivity contribution in [2.24, 2.45) is 53.3 Å². The number of carbonyl (C=O) groups is 1. The monoisotopic (exact) mass is 636 g/mol. The highest BCUT2D eigenvalue weighted by Gasteiger charge is 2.59. The molecule has 19 atom stereocenters. The summed E-state index contributed by atoms with van der Waals surface area (Å²) in [5, 5.41) is 37.8. The van der Waals surface area contributed by atoms with Crippen molar-refractivity contribution in [2.45, 2.75) is 146 Å². The molecule has 0 radical (unpaired) electrons. The van der Waals surface area contributed by atoms with E-state index in [1.54, 1.807) is 0 Å². The number of aliphatic carboxylic acids is 1. The van der Waals surface area contributed by atoms with Gasteiger partial charge in [0.05, 0.1) is 6.10 Å². The zero-order valence-corrected chi connectivity index (χ0v) is 27.7. The Kier molecular flexibility index (Phi) is 8.95. The van der Waals surface area contributed by atoms with E-state index >= 15 is 0 Å². The Labute approximate surface area is 256 Å². The summed E-state index contributed by atoms with van der Waals surface area (Å²) in [6.07, 6.45) is 6.15. The van der Waals surface area contributed by atoms with Gasteiger partial charge in [-0.25, -0.2) is 0 Å². The molecule has 0 spiro atoms. The lowest BCUT2D eigenvalue weighted by Crippen LogP contribution is -2.52. The summed E-state index contributed by atoms with van der Waals surface area (Å²) >= 11 is 4.26. The van der Waals surface area contributed by atoms with Gasteiger partial charge in [0.25, 0.3) is 0 Å². The van der Waals surface area contributed by atoms with Crippen LogP contribution in [0.4, 0.5) is 0 Å². The van der Waals surface area contributed by atoms with Crippen molar-refractivity contribution < 1.29 is 15.0 Å².